The first-order chi connectivity index (χ1) is 12.6. The first-order valence-corrected chi connectivity index (χ1v) is 11.4. The average molecular weight is 414 g/mol. The molecule has 0 saturated heterocycles. The summed E-state index contributed by atoms with van der Waals surface area (Å²) in [6.07, 6.45) is 2.28. The van der Waals surface area contributed by atoms with Gasteiger partial charge >= 0.3 is 7.82 Å². The van der Waals surface area contributed by atoms with Gasteiger partial charge in [-0.2, -0.15) is 0 Å². The molecular formula is C18H39O8P. The molecule has 4 atom stereocenters. The van der Waals surface area contributed by atoms with Crippen LogP contribution in [0.3, 0.4) is 0 Å². The topological polar surface area (TPSA) is 104 Å². The van der Waals surface area contributed by atoms with Gasteiger partial charge in [0.15, 0.2) is 12.6 Å². The Bertz CT molecular complexity index is 379. The predicted octanol–water partition coefficient (Wildman–Crippen LogP) is 3.85. The van der Waals surface area contributed by atoms with Crippen LogP contribution in [0, 0.1) is 5.92 Å². The number of ether oxygens (including phenoxy) is 4. The van der Waals surface area contributed by atoms with E-state index in [1.54, 1.807) is 13.8 Å². The predicted molar refractivity (Wildman–Crippen MR) is 103 cm³/mol. The van der Waals surface area contributed by atoms with E-state index in [0.29, 0.717) is 13.2 Å². The number of hydrogen-bond donors (Lipinski definition) is 2. The Hall–Kier alpha value is -0.0500. The van der Waals surface area contributed by atoms with E-state index in [9.17, 15) is 4.57 Å². The van der Waals surface area contributed by atoms with Crippen molar-refractivity contribution in [3.8, 4) is 0 Å². The van der Waals surface area contributed by atoms with Gasteiger partial charge in [0.1, 0.15) is 0 Å². The van der Waals surface area contributed by atoms with Crippen molar-refractivity contribution in [1.29, 1.82) is 0 Å². The maximum Gasteiger partial charge on any atom is 0.469 e. The summed E-state index contributed by atoms with van der Waals surface area (Å²) in [5.41, 5.74) is 0. The van der Waals surface area contributed by atoms with E-state index < -0.39 is 38.5 Å². The molecule has 4 unspecified atom stereocenters. The zero-order valence-electron chi connectivity index (χ0n) is 17.6. The summed E-state index contributed by atoms with van der Waals surface area (Å²) in [4.78, 5) is 18.1. The summed E-state index contributed by atoms with van der Waals surface area (Å²) in [7, 11) is -4.58. The van der Waals surface area contributed by atoms with Crippen LogP contribution in [0.4, 0.5) is 0 Å². The normalized spacial score (nSPS) is 18.1. The fourth-order valence-electron chi connectivity index (χ4n) is 2.51. The smallest absolute Gasteiger partial charge is 0.353 e. The molecule has 0 saturated carbocycles. The van der Waals surface area contributed by atoms with Crippen molar-refractivity contribution in [2.75, 3.05) is 19.8 Å². The molecule has 0 aromatic carbocycles. The standard InChI is InChI=1S/C18H39O8P/c1-7-9-11-22-16(5)25-14(3)18(13-24-27(19,20)21)15(4)26-17(6)23-12-10-8-2/h14-18H,7-13H2,1-6H3,(H2,19,20,21). The van der Waals surface area contributed by atoms with Crippen LogP contribution < -0.4 is 0 Å². The fraction of sp³-hybridized carbons (Fsp3) is 1.00. The van der Waals surface area contributed by atoms with Crippen molar-refractivity contribution in [3.63, 3.8) is 0 Å². The Balaban J connectivity index is 4.75. The maximum absolute atomic E-state index is 11.1. The molecule has 0 bridgehead atoms. The van der Waals surface area contributed by atoms with Crippen LogP contribution >= 0.6 is 7.82 Å². The molecule has 0 aliphatic rings. The van der Waals surface area contributed by atoms with Crippen LogP contribution in [-0.2, 0) is 28.0 Å². The van der Waals surface area contributed by atoms with Crippen LogP contribution in [0.1, 0.15) is 67.2 Å². The number of phosphoric ester groups is 1. The van der Waals surface area contributed by atoms with Gasteiger partial charge in [0.05, 0.1) is 18.8 Å². The number of unbranched alkanes of at least 4 members (excludes halogenated alkanes) is 2. The van der Waals surface area contributed by atoms with Crippen molar-refractivity contribution in [2.24, 2.45) is 5.92 Å². The number of rotatable bonds is 17. The lowest BCUT2D eigenvalue weighted by Gasteiger charge is -2.32. The second-order valence-corrected chi connectivity index (χ2v) is 7.96. The molecule has 27 heavy (non-hydrogen) atoms. The van der Waals surface area contributed by atoms with Crippen molar-refractivity contribution in [2.45, 2.75) is 92.0 Å². The van der Waals surface area contributed by atoms with Gasteiger partial charge in [0.25, 0.3) is 0 Å². The Morgan fingerprint density at radius 3 is 1.56 bits per heavy atom. The van der Waals surface area contributed by atoms with E-state index in [1.807, 2.05) is 13.8 Å². The Morgan fingerprint density at radius 1 is 0.815 bits per heavy atom. The van der Waals surface area contributed by atoms with E-state index >= 15 is 0 Å². The zero-order chi connectivity index (χ0) is 20.9. The van der Waals surface area contributed by atoms with Gasteiger partial charge in [0, 0.05) is 19.1 Å². The molecule has 0 rings (SSSR count). The van der Waals surface area contributed by atoms with Gasteiger partial charge in [-0.3, -0.25) is 4.52 Å². The third-order valence-corrected chi connectivity index (χ3v) is 4.64. The Kier molecular flexibility index (Phi) is 14.9. The minimum Gasteiger partial charge on any atom is -0.353 e. The quantitative estimate of drug-likeness (QED) is 0.210. The average Bonchev–Trinajstić information content (AvgIpc) is 2.54. The first-order valence-electron chi connectivity index (χ1n) is 9.84. The van der Waals surface area contributed by atoms with Crippen LogP contribution in [0.25, 0.3) is 0 Å². The second kappa shape index (κ2) is 14.9. The minimum atomic E-state index is -4.58. The summed E-state index contributed by atoms with van der Waals surface area (Å²) in [6.45, 7) is 12.4. The maximum atomic E-state index is 11.1. The molecule has 0 heterocycles. The highest BCUT2D eigenvalue weighted by molar-refractivity contribution is 7.46. The Labute approximate surface area is 164 Å². The highest BCUT2D eigenvalue weighted by Gasteiger charge is 2.31. The molecule has 0 aliphatic heterocycles. The van der Waals surface area contributed by atoms with Crippen LogP contribution in [-0.4, -0.2) is 54.4 Å². The highest BCUT2D eigenvalue weighted by atomic mass is 31.2. The van der Waals surface area contributed by atoms with Gasteiger partial charge in [-0.25, -0.2) is 4.57 Å². The monoisotopic (exact) mass is 414 g/mol. The van der Waals surface area contributed by atoms with Crippen LogP contribution in [0.15, 0.2) is 0 Å². The van der Waals surface area contributed by atoms with Gasteiger partial charge in [-0.15, -0.1) is 0 Å². The molecular weight excluding hydrogens is 375 g/mol. The molecule has 0 radical (unpaired) electrons. The van der Waals surface area contributed by atoms with Gasteiger partial charge in [0.2, 0.25) is 0 Å². The van der Waals surface area contributed by atoms with E-state index in [1.165, 1.54) is 0 Å². The summed E-state index contributed by atoms with van der Waals surface area (Å²) in [6, 6.07) is 0. The van der Waals surface area contributed by atoms with Crippen LogP contribution in [0.5, 0.6) is 0 Å². The lowest BCUT2D eigenvalue weighted by Crippen LogP contribution is -2.39. The lowest BCUT2D eigenvalue weighted by atomic mass is 9.99. The molecule has 0 aliphatic carbocycles. The summed E-state index contributed by atoms with van der Waals surface area (Å²) in [5.74, 6) is -0.410. The fourth-order valence-corrected chi connectivity index (χ4v) is 2.87. The largest absolute Gasteiger partial charge is 0.469 e. The highest BCUT2D eigenvalue weighted by Crippen LogP contribution is 2.37. The molecule has 9 heteroatoms. The van der Waals surface area contributed by atoms with Crippen molar-refractivity contribution >= 4 is 7.82 Å². The van der Waals surface area contributed by atoms with E-state index in [0.717, 1.165) is 25.7 Å². The van der Waals surface area contributed by atoms with Crippen molar-refractivity contribution < 1.29 is 37.8 Å². The summed E-state index contributed by atoms with van der Waals surface area (Å²) >= 11 is 0. The third-order valence-electron chi connectivity index (χ3n) is 4.15. The summed E-state index contributed by atoms with van der Waals surface area (Å²) < 4.78 is 38.7. The first kappa shape index (κ1) is 27.0. The van der Waals surface area contributed by atoms with Crippen LogP contribution in [0.2, 0.25) is 0 Å². The molecule has 2 N–H and O–H groups in total. The van der Waals surface area contributed by atoms with Crippen molar-refractivity contribution in [3.05, 3.63) is 0 Å². The third kappa shape index (κ3) is 14.6. The van der Waals surface area contributed by atoms with Gasteiger partial charge < -0.3 is 28.7 Å². The van der Waals surface area contributed by atoms with Gasteiger partial charge in [-0.1, -0.05) is 26.7 Å². The van der Waals surface area contributed by atoms with E-state index in [4.69, 9.17) is 33.3 Å². The summed E-state index contributed by atoms with van der Waals surface area (Å²) in [5, 5.41) is 0. The van der Waals surface area contributed by atoms with E-state index in [2.05, 4.69) is 13.8 Å². The van der Waals surface area contributed by atoms with E-state index in [-0.39, 0.29) is 6.61 Å². The zero-order valence-corrected chi connectivity index (χ0v) is 18.5. The molecule has 0 fully saturated rings. The Morgan fingerprint density at radius 2 is 1.22 bits per heavy atom. The molecule has 164 valence electrons. The lowest BCUT2D eigenvalue weighted by molar-refractivity contribution is -0.208. The number of hydrogen-bond acceptors (Lipinski definition) is 6. The SMILES string of the molecule is CCCCOC(C)OC(C)C(COP(=O)(O)O)C(C)OC(C)OCCCC. The van der Waals surface area contributed by atoms with Gasteiger partial charge in [-0.05, 0) is 40.5 Å². The second-order valence-electron chi connectivity index (χ2n) is 6.72. The molecule has 0 aromatic rings. The number of phosphoric acid groups is 1. The molecule has 0 spiro atoms. The molecule has 0 amide bonds. The molecule has 8 nitrogen and oxygen atoms in total. The van der Waals surface area contributed by atoms with Crippen molar-refractivity contribution in [1.82, 2.24) is 0 Å². The minimum absolute atomic E-state index is 0.198. The molecule has 0 aromatic heterocycles.